The summed E-state index contributed by atoms with van der Waals surface area (Å²) in [7, 11) is 0. The second-order valence-corrected chi connectivity index (χ2v) is 5.51. The first-order chi connectivity index (χ1) is 5.45. The molecular weight excluding hydrogens is 150 g/mol. The van der Waals surface area contributed by atoms with Gasteiger partial charge in [0, 0.05) is 16.6 Å². The minimum atomic E-state index is -0.120. The Morgan fingerprint density at radius 1 is 0.833 bits per heavy atom. The maximum Gasteiger partial charge on any atom is 0.0357 e. The van der Waals surface area contributed by atoms with Crippen LogP contribution in [0, 0.1) is 5.92 Å². The van der Waals surface area contributed by atoms with Gasteiger partial charge < -0.3 is 17.2 Å². The van der Waals surface area contributed by atoms with Crippen LogP contribution in [0.5, 0.6) is 0 Å². The van der Waals surface area contributed by atoms with E-state index in [9.17, 15) is 0 Å². The Morgan fingerprint density at radius 3 is 1.67 bits per heavy atom. The minimum Gasteiger partial charge on any atom is -0.325 e. The minimum absolute atomic E-state index is 0.00926. The Bertz CT molecular complexity index is 232. The van der Waals surface area contributed by atoms with Crippen LogP contribution in [0.3, 0.4) is 0 Å². The largest absolute Gasteiger partial charge is 0.325 e. The summed E-state index contributed by atoms with van der Waals surface area (Å²) in [5, 5.41) is 0. The molecule has 4 aliphatic rings. The van der Waals surface area contributed by atoms with Gasteiger partial charge in [0.05, 0.1) is 0 Å². The van der Waals surface area contributed by atoms with Gasteiger partial charge in [-0.05, 0) is 38.0 Å². The van der Waals surface area contributed by atoms with E-state index in [1.165, 1.54) is 0 Å². The van der Waals surface area contributed by atoms with E-state index in [4.69, 9.17) is 17.2 Å². The zero-order valence-electron chi connectivity index (χ0n) is 7.34. The van der Waals surface area contributed by atoms with Crippen molar-refractivity contribution in [2.24, 2.45) is 23.1 Å². The molecule has 3 heteroatoms. The normalized spacial score (nSPS) is 67.8. The molecule has 6 N–H and O–H groups in total. The predicted molar refractivity (Wildman–Crippen MR) is 47.3 cm³/mol. The molecule has 3 nitrogen and oxygen atoms in total. The molecule has 0 aromatic carbocycles. The Labute approximate surface area is 72.7 Å². The van der Waals surface area contributed by atoms with Crippen molar-refractivity contribution in [1.29, 1.82) is 0 Å². The number of nitrogens with two attached hydrogens (primary N) is 3. The molecule has 0 aromatic heterocycles. The van der Waals surface area contributed by atoms with Crippen LogP contribution in [0.2, 0.25) is 0 Å². The third-order valence-electron chi connectivity index (χ3n) is 4.33. The number of rotatable bonds is 0. The summed E-state index contributed by atoms with van der Waals surface area (Å²) in [6, 6.07) is 0. The lowest BCUT2D eigenvalue weighted by Gasteiger charge is -2.36. The van der Waals surface area contributed by atoms with E-state index in [-0.39, 0.29) is 16.6 Å². The first-order valence-electron chi connectivity index (χ1n) is 4.82. The van der Waals surface area contributed by atoms with Crippen LogP contribution >= 0.6 is 0 Å². The van der Waals surface area contributed by atoms with Gasteiger partial charge in [-0.25, -0.2) is 0 Å². The van der Waals surface area contributed by atoms with Crippen LogP contribution < -0.4 is 17.2 Å². The van der Waals surface area contributed by atoms with Gasteiger partial charge in [0.1, 0.15) is 0 Å². The number of hydrogen-bond donors (Lipinski definition) is 3. The summed E-state index contributed by atoms with van der Waals surface area (Å²) in [5.74, 6) is 0.715. The SMILES string of the molecule is NC12CC3CC(N)(C1)C(N)(C3)C2. The topological polar surface area (TPSA) is 78.1 Å². The summed E-state index contributed by atoms with van der Waals surface area (Å²) < 4.78 is 0. The van der Waals surface area contributed by atoms with Crippen LogP contribution in [-0.4, -0.2) is 16.6 Å². The van der Waals surface area contributed by atoms with Gasteiger partial charge in [-0.15, -0.1) is 0 Å². The van der Waals surface area contributed by atoms with Gasteiger partial charge in [0.25, 0.3) is 0 Å². The molecule has 4 rings (SSSR count). The molecule has 0 amide bonds. The molecule has 0 spiro atoms. The van der Waals surface area contributed by atoms with E-state index in [1.54, 1.807) is 0 Å². The molecule has 0 saturated heterocycles. The van der Waals surface area contributed by atoms with E-state index in [0.717, 1.165) is 32.1 Å². The Balaban J connectivity index is 2.12. The molecule has 4 bridgehead atoms. The Morgan fingerprint density at radius 2 is 1.33 bits per heavy atom. The van der Waals surface area contributed by atoms with Crippen LogP contribution in [-0.2, 0) is 0 Å². The van der Waals surface area contributed by atoms with Crippen LogP contribution in [0.15, 0.2) is 0 Å². The molecule has 4 fully saturated rings. The van der Waals surface area contributed by atoms with Crippen molar-refractivity contribution >= 4 is 0 Å². The molecule has 4 saturated carbocycles. The monoisotopic (exact) mass is 167 g/mol. The fraction of sp³-hybridized carbons (Fsp3) is 1.00. The van der Waals surface area contributed by atoms with Gasteiger partial charge in [0.15, 0.2) is 0 Å². The van der Waals surface area contributed by atoms with Crippen LogP contribution in [0.1, 0.15) is 32.1 Å². The standard InChI is InChI=1S/C9H17N3/c10-7-1-6-2-8(11,4-7)9(12,3-6)5-7/h6H,1-5,10-12H2. The van der Waals surface area contributed by atoms with E-state index < -0.39 is 0 Å². The second kappa shape index (κ2) is 1.59. The van der Waals surface area contributed by atoms with Crippen LogP contribution in [0.4, 0.5) is 0 Å². The van der Waals surface area contributed by atoms with E-state index in [2.05, 4.69) is 0 Å². The maximum atomic E-state index is 6.30. The molecule has 2 atom stereocenters. The average Bonchev–Trinajstić information content (AvgIpc) is 2.01. The number of hydrogen-bond acceptors (Lipinski definition) is 3. The van der Waals surface area contributed by atoms with Crippen molar-refractivity contribution in [1.82, 2.24) is 0 Å². The highest BCUT2D eigenvalue weighted by atomic mass is 15.0. The summed E-state index contributed by atoms with van der Waals surface area (Å²) in [4.78, 5) is 0. The second-order valence-electron chi connectivity index (χ2n) is 5.51. The van der Waals surface area contributed by atoms with Crippen molar-refractivity contribution in [2.75, 3.05) is 0 Å². The zero-order valence-corrected chi connectivity index (χ0v) is 7.34. The van der Waals surface area contributed by atoms with Gasteiger partial charge in [-0.1, -0.05) is 0 Å². The first-order valence-corrected chi connectivity index (χ1v) is 4.82. The van der Waals surface area contributed by atoms with Crippen molar-refractivity contribution in [3.8, 4) is 0 Å². The highest BCUT2D eigenvalue weighted by Gasteiger charge is 2.67. The van der Waals surface area contributed by atoms with E-state index in [1.807, 2.05) is 0 Å². The van der Waals surface area contributed by atoms with Crippen molar-refractivity contribution in [2.45, 2.75) is 48.7 Å². The quantitative estimate of drug-likeness (QED) is 0.463. The van der Waals surface area contributed by atoms with Gasteiger partial charge in [0.2, 0.25) is 0 Å². The fourth-order valence-electron chi connectivity index (χ4n) is 4.19. The van der Waals surface area contributed by atoms with Gasteiger partial charge in [-0.2, -0.15) is 0 Å². The van der Waals surface area contributed by atoms with Crippen molar-refractivity contribution in [3.63, 3.8) is 0 Å². The molecule has 4 aliphatic carbocycles. The molecule has 68 valence electrons. The third-order valence-corrected chi connectivity index (χ3v) is 4.33. The molecule has 12 heavy (non-hydrogen) atoms. The molecule has 2 unspecified atom stereocenters. The van der Waals surface area contributed by atoms with E-state index >= 15 is 0 Å². The van der Waals surface area contributed by atoms with E-state index in [0.29, 0.717) is 5.92 Å². The summed E-state index contributed by atoms with van der Waals surface area (Å²) in [6.07, 6.45) is 5.29. The highest BCUT2D eigenvalue weighted by molar-refractivity contribution is 5.29. The van der Waals surface area contributed by atoms with Crippen LogP contribution in [0.25, 0.3) is 0 Å². The average molecular weight is 167 g/mol. The van der Waals surface area contributed by atoms with Gasteiger partial charge in [-0.3, -0.25) is 0 Å². The lowest BCUT2D eigenvalue weighted by atomic mass is 9.75. The molecular formula is C9H17N3. The third kappa shape index (κ3) is 0.605. The zero-order chi connectivity index (χ0) is 8.61. The highest BCUT2D eigenvalue weighted by Crippen LogP contribution is 2.61. The molecule has 0 heterocycles. The summed E-state index contributed by atoms with van der Waals surface area (Å²) in [5.41, 5.74) is 18.6. The molecule has 0 aliphatic heterocycles. The Kier molecular flexibility index (Phi) is 0.965. The molecule has 0 aromatic rings. The Hall–Kier alpha value is -0.120. The smallest absolute Gasteiger partial charge is 0.0357 e. The predicted octanol–water partition coefficient (Wildman–Crippen LogP) is -0.314. The first kappa shape index (κ1) is 7.30. The van der Waals surface area contributed by atoms with Crippen molar-refractivity contribution in [3.05, 3.63) is 0 Å². The summed E-state index contributed by atoms with van der Waals surface area (Å²) >= 11 is 0. The summed E-state index contributed by atoms with van der Waals surface area (Å²) in [6.45, 7) is 0. The van der Waals surface area contributed by atoms with Gasteiger partial charge >= 0.3 is 0 Å². The lowest BCUT2D eigenvalue weighted by Crippen LogP contribution is -2.58. The maximum absolute atomic E-state index is 6.30. The molecule has 0 radical (unpaired) electrons. The fourth-order valence-corrected chi connectivity index (χ4v) is 4.19. The lowest BCUT2D eigenvalue weighted by molar-refractivity contribution is 0.222. The van der Waals surface area contributed by atoms with Crippen molar-refractivity contribution < 1.29 is 0 Å².